The summed E-state index contributed by atoms with van der Waals surface area (Å²) in [6.07, 6.45) is 0. The van der Waals surface area contributed by atoms with E-state index in [0.29, 0.717) is 15.5 Å². The van der Waals surface area contributed by atoms with Crippen LogP contribution in [0.5, 0.6) is 0 Å². The lowest BCUT2D eigenvalue weighted by Crippen LogP contribution is -2.30. The Labute approximate surface area is 198 Å². The summed E-state index contributed by atoms with van der Waals surface area (Å²) in [7, 11) is -2.32. The number of fused-ring (bicyclic) bond motifs is 1. The maximum Gasteiger partial charge on any atom is 0.264 e. The number of halogens is 1. The molecule has 164 valence electrons. The molecule has 0 bridgehead atoms. The van der Waals surface area contributed by atoms with Gasteiger partial charge in [-0.05, 0) is 42.8 Å². The summed E-state index contributed by atoms with van der Waals surface area (Å²) in [4.78, 5) is 14.9. The predicted octanol–water partition coefficient (Wildman–Crippen LogP) is 5.09. The number of amides is 1. The Bertz CT molecular complexity index is 1390. The second kappa shape index (κ2) is 8.97. The molecule has 4 rings (SSSR count). The molecule has 1 N–H and O–H groups in total. The highest BCUT2D eigenvalue weighted by Crippen LogP contribution is 2.29. The van der Waals surface area contributed by atoms with Gasteiger partial charge in [-0.1, -0.05) is 52.3 Å². The van der Waals surface area contributed by atoms with Crippen LogP contribution in [0.4, 0.5) is 5.69 Å². The topological polar surface area (TPSA) is 92.3 Å². The Morgan fingerprint density at radius 3 is 2.56 bits per heavy atom. The van der Waals surface area contributed by atoms with Gasteiger partial charge < -0.3 is 4.90 Å². The average molecular weight is 531 g/mol. The van der Waals surface area contributed by atoms with E-state index in [2.05, 4.69) is 29.4 Å². The van der Waals surface area contributed by atoms with Gasteiger partial charge in [0.25, 0.3) is 15.9 Å². The molecule has 0 aliphatic carbocycles. The van der Waals surface area contributed by atoms with E-state index in [4.69, 9.17) is 0 Å². The van der Waals surface area contributed by atoms with Crippen LogP contribution in [0.25, 0.3) is 11.0 Å². The number of hydrogen-bond acceptors (Lipinski definition) is 6. The molecule has 1 heterocycles. The van der Waals surface area contributed by atoms with E-state index in [1.807, 2.05) is 37.3 Å². The number of anilines is 1. The quantitative estimate of drug-likeness (QED) is 0.374. The summed E-state index contributed by atoms with van der Waals surface area (Å²) in [5, 5.41) is 0. The van der Waals surface area contributed by atoms with E-state index in [1.54, 1.807) is 42.3 Å². The van der Waals surface area contributed by atoms with Gasteiger partial charge in [0.05, 0.1) is 29.0 Å². The number of benzene rings is 3. The maximum atomic E-state index is 13.3. The van der Waals surface area contributed by atoms with Crippen molar-refractivity contribution in [1.82, 2.24) is 13.6 Å². The SMILES string of the molecule is C[C@H](c1ccccc1)N(C)C(=O)c1ccc(Br)cc1NS(=O)(=O)c1cccc2nsnc12. The third-order valence-corrected chi connectivity index (χ3v) is 7.61. The molecule has 0 unspecified atom stereocenters. The minimum atomic E-state index is -4.02. The highest BCUT2D eigenvalue weighted by Gasteiger charge is 2.25. The normalized spacial score (nSPS) is 12.5. The molecule has 0 radical (unpaired) electrons. The first-order chi connectivity index (χ1) is 15.3. The summed E-state index contributed by atoms with van der Waals surface area (Å²) >= 11 is 4.31. The Hall–Kier alpha value is -2.82. The van der Waals surface area contributed by atoms with Crippen LogP contribution < -0.4 is 4.72 Å². The molecule has 0 spiro atoms. The summed E-state index contributed by atoms with van der Waals surface area (Å²) in [6.45, 7) is 1.92. The zero-order valence-electron chi connectivity index (χ0n) is 17.2. The number of hydrogen-bond donors (Lipinski definition) is 1. The fourth-order valence-corrected chi connectivity index (χ4v) is 5.51. The van der Waals surface area contributed by atoms with Gasteiger partial charge in [0, 0.05) is 11.5 Å². The number of aromatic nitrogens is 2. The number of sulfonamides is 1. The van der Waals surface area contributed by atoms with Crippen LogP contribution in [0.3, 0.4) is 0 Å². The summed E-state index contributed by atoms with van der Waals surface area (Å²) in [5.74, 6) is -0.305. The Balaban J connectivity index is 1.69. The number of carbonyl (C=O) groups is 1. The van der Waals surface area contributed by atoms with E-state index in [9.17, 15) is 13.2 Å². The molecule has 0 aliphatic heterocycles. The third-order valence-electron chi connectivity index (χ3n) is 5.18. The Morgan fingerprint density at radius 2 is 1.81 bits per heavy atom. The highest BCUT2D eigenvalue weighted by atomic mass is 79.9. The lowest BCUT2D eigenvalue weighted by Gasteiger charge is -2.26. The minimum Gasteiger partial charge on any atom is -0.335 e. The van der Waals surface area contributed by atoms with E-state index < -0.39 is 10.0 Å². The second-order valence-corrected chi connectivity index (χ2v) is 10.3. The van der Waals surface area contributed by atoms with Crippen LogP contribution in [0, 0.1) is 0 Å². The van der Waals surface area contributed by atoms with Crippen molar-refractivity contribution in [2.24, 2.45) is 0 Å². The van der Waals surface area contributed by atoms with E-state index in [1.165, 1.54) is 6.07 Å². The first-order valence-electron chi connectivity index (χ1n) is 9.63. The molecular formula is C22H19BrN4O3S2. The molecule has 0 fully saturated rings. The lowest BCUT2D eigenvalue weighted by molar-refractivity contribution is 0.0743. The molecule has 4 aromatic rings. The predicted molar refractivity (Wildman–Crippen MR) is 129 cm³/mol. The van der Waals surface area contributed by atoms with Crippen LogP contribution >= 0.6 is 27.7 Å². The number of carbonyl (C=O) groups excluding carboxylic acids is 1. The molecule has 3 aromatic carbocycles. The third kappa shape index (κ3) is 4.38. The van der Waals surface area contributed by atoms with Crippen molar-refractivity contribution in [2.75, 3.05) is 11.8 Å². The van der Waals surface area contributed by atoms with Crippen LogP contribution in [0.2, 0.25) is 0 Å². The van der Waals surface area contributed by atoms with E-state index in [0.717, 1.165) is 17.3 Å². The Kier molecular flexibility index (Phi) is 6.27. The fourth-order valence-electron chi connectivity index (χ4n) is 3.31. The van der Waals surface area contributed by atoms with Crippen molar-refractivity contribution in [1.29, 1.82) is 0 Å². The van der Waals surface area contributed by atoms with Gasteiger partial charge in [-0.2, -0.15) is 8.75 Å². The van der Waals surface area contributed by atoms with Crippen molar-refractivity contribution < 1.29 is 13.2 Å². The fraction of sp³-hybridized carbons (Fsp3) is 0.136. The standard InChI is InChI=1S/C22H19BrN4O3S2/c1-14(15-7-4-3-5-8-15)27(2)22(28)17-12-11-16(23)13-19(17)26-32(29,30)20-10-6-9-18-21(20)25-31-24-18/h3-14,26H,1-2H3/t14-/m1/s1. The van der Waals surface area contributed by atoms with Gasteiger partial charge in [0.2, 0.25) is 0 Å². The van der Waals surface area contributed by atoms with Gasteiger partial charge in [-0.15, -0.1) is 0 Å². The first kappa shape index (κ1) is 22.4. The van der Waals surface area contributed by atoms with Gasteiger partial charge >= 0.3 is 0 Å². The van der Waals surface area contributed by atoms with Crippen LogP contribution in [-0.4, -0.2) is 35.0 Å². The van der Waals surface area contributed by atoms with E-state index in [-0.39, 0.29) is 28.1 Å². The molecule has 1 amide bonds. The molecular weight excluding hydrogens is 512 g/mol. The molecule has 0 saturated heterocycles. The van der Waals surface area contributed by atoms with Crippen molar-refractivity contribution in [3.05, 3.63) is 82.3 Å². The van der Waals surface area contributed by atoms with Crippen molar-refractivity contribution >= 4 is 60.3 Å². The smallest absolute Gasteiger partial charge is 0.264 e. The zero-order chi connectivity index (χ0) is 22.9. The van der Waals surface area contributed by atoms with E-state index >= 15 is 0 Å². The average Bonchev–Trinajstić information content (AvgIpc) is 3.27. The monoisotopic (exact) mass is 530 g/mol. The lowest BCUT2D eigenvalue weighted by atomic mass is 10.1. The summed E-state index contributed by atoms with van der Waals surface area (Å²) in [6, 6.07) is 19.1. The minimum absolute atomic E-state index is 0.00753. The molecule has 10 heteroatoms. The highest BCUT2D eigenvalue weighted by molar-refractivity contribution is 9.10. The number of rotatable bonds is 6. The van der Waals surface area contributed by atoms with Gasteiger partial charge in [-0.25, -0.2) is 8.42 Å². The van der Waals surface area contributed by atoms with Gasteiger partial charge in [-0.3, -0.25) is 9.52 Å². The molecule has 0 saturated carbocycles. The van der Waals surface area contributed by atoms with Gasteiger partial charge in [0.1, 0.15) is 15.9 Å². The van der Waals surface area contributed by atoms with Crippen LogP contribution in [0.15, 0.2) is 76.1 Å². The number of nitrogens with zero attached hydrogens (tertiary/aromatic N) is 3. The zero-order valence-corrected chi connectivity index (χ0v) is 20.4. The number of nitrogens with one attached hydrogen (secondary N) is 1. The van der Waals surface area contributed by atoms with Crippen molar-refractivity contribution in [2.45, 2.75) is 17.9 Å². The molecule has 1 atom stereocenters. The van der Waals surface area contributed by atoms with Crippen LogP contribution in [0.1, 0.15) is 28.9 Å². The van der Waals surface area contributed by atoms with Crippen LogP contribution in [-0.2, 0) is 10.0 Å². The Morgan fingerprint density at radius 1 is 1.06 bits per heavy atom. The van der Waals surface area contributed by atoms with Crippen molar-refractivity contribution in [3.63, 3.8) is 0 Å². The molecule has 32 heavy (non-hydrogen) atoms. The molecule has 1 aromatic heterocycles. The summed E-state index contributed by atoms with van der Waals surface area (Å²) in [5.41, 5.74) is 2.19. The molecule has 7 nitrogen and oxygen atoms in total. The molecule has 0 aliphatic rings. The largest absolute Gasteiger partial charge is 0.335 e. The first-order valence-corrected chi connectivity index (χ1v) is 12.6. The second-order valence-electron chi connectivity index (χ2n) is 7.19. The summed E-state index contributed by atoms with van der Waals surface area (Å²) < 4.78 is 37.8. The van der Waals surface area contributed by atoms with Crippen molar-refractivity contribution in [3.8, 4) is 0 Å². The maximum absolute atomic E-state index is 13.3. The van der Waals surface area contributed by atoms with Gasteiger partial charge in [0.15, 0.2) is 0 Å².